The molecule has 0 unspecified atom stereocenters. The first-order valence-corrected chi connectivity index (χ1v) is 31.0. The van der Waals surface area contributed by atoms with E-state index in [4.69, 9.17) is 28.7 Å². The molecular weight excluding hydrogens is 1120 g/mol. The molecule has 0 bridgehead atoms. The molecule has 29 nitrogen and oxygen atoms in total. The molecule has 12 atom stereocenters. The summed E-state index contributed by atoms with van der Waals surface area (Å²) in [5, 5.41) is 50.1. The molecule has 0 spiro atoms. The molecular formula is C57H106N16O13. The molecule has 2 rings (SSSR count). The number of hydrogen-bond acceptors (Lipinski definition) is 18. The zero-order valence-corrected chi connectivity index (χ0v) is 51.6. The summed E-state index contributed by atoms with van der Waals surface area (Å²) >= 11 is 0. The zero-order chi connectivity index (χ0) is 64.5. The molecule has 492 valence electrons. The standard InChI is InChI=1S/C57H106N16O13/c1-32(2)30-43-54(83)67-37(18-24-58)48(77)66-41(22-28-62)53(82)72-45(34(5)74)56(85)63-29-23-42(51(80)65-38(19-25-59)50(79)70-44(31-33(3)4)55(84)71-43)68-49(78)39(20-26-60)69-57(86)46(35(6)75)73-52(81)40(21-27-61)64-47(76)36-16-14-12-10-8-7-9-11-13-15-17-36/h32-46,74-75H,7-31,58-62H2,1-6H3,(H,63,85)(H,64,76)(H,65,80)(H,66,77)(H,67,83)(H,68,78)(H,69,86)(H,70,79)(H,71,84)(H,72,82)(H,73,81)/t34-,35-,37+,38+,39+,40+,41+,42+,43+,44-,45+,46+/m1/s1. The molecule has 1 heterocycles. The highest BCUT2D eigenvalue weighted by Gasteiger charge is 2.38. The summed E-state index contributed by atoms with van der Waals surface area (Å²) in [5.41, 5.74) is 29.5. The third-order valence-corrected chi connectivity index (χ3v) is 15.1. The largest absolute Gasteiger partial charge is 0.391 e. The van der Waals surface area contributed by atoms with Crippen molar-refractivity contribution in [1.29, 1.82) is 0 Å². The predicted octanol–water partition coefficient (Wildman–Crippen LogP) is -4.13. The van der Waals surface area contributed by atoms with E-state index in [2.05, 4.69) is 58.5 Å². The van der Waals surface area contributed by atoms with E-state index in [1.165, 1.54) is 20.3 Å². The lowest BCUT2D eigenvalue weighted by Crippen LogP contribution is -2.62. The average molecular weight is 1220 g/mol. The van der Waals surface area contributed by atoms with Gasteiger partial charge in [-0.15, -0.1) is 0 Å². The van der Waals surface area contributed by atoms with Gasteiger partial charge in [0.1, 0.15) is 60.4 Å². The van der Waals surface area contributed by atoms with E-state index >= 15 is 0 Å². The van der Waals surface area contributed by atoms with Gasteiger partial charge in [0.15, 0.2) is 0 Å². The van der Waals surface area contributed by atoms with Gasteiger partial charge >= 0.3 is 0 Å². The highest BCUT2D eigenvalue weighted by molar-refractivity contribution is 5.99. The van der Waals surface area contributed by atoms with Crippen molar-refractivity contribution in [1.82, 2.24) is 58.5 Å². The number of nitrogens with two attached hydrogens (primary N) is 5. The summed E-state index contributed by atoms with van der Waals surface area (Å²) in [6, 6.07) is -14.5. The minimum Gasteiger partial charge on any atom is -0.391 e. The second-order valence-corrected chi connectivity index (χ2v) is 23.6. The maximum absolute atomic E-state index is 14.5. The minimum absolute atomic E-state index is 0.000683. The van der Waals surface area contributed by atoms with Crippen molar-refractivity contribution in [2.75, 3.05) is 39.3 Å². The van der Waals surface area contributed by atoms with E-state index in [1.54, 1.807) is 27.7 Å². The number of amides is 11. The number of rotatable bonds is 24. The van der Waals surface area contributed by atoms with Crippen molar-refractivity contribution >= 4 is 65.0 Å². The molecule has 2 fully saturated rings. The number of aliphatic hydroxyl groups is 2. The van der Waals surface area contributed by atoms with Crippen LogP contribution in [-0.2, 0) is 52.7 Å². The van der Waals surface area contributed by atoms with E-state index in [-0.39, 0.29) is 101 Å². The van der Waals surface area contributed by atoms with Crippen LogP contribution in [0.4, 0.5) is 0 Å². The van der Waals surface area contributed by atoms with Crippen molar-refractivity contribution in [3.8, 4) is 0 Å². The third-order valence-electron chi connectivity index (χ3n) is 15.1. The second-order valence-electron chi connectivity index (χ2n) is 23.6. The number of carbonyl (C=O) groups excluding carboxylic acids is 11. The van der Waals surface area contributed by atoms with Crippen LogP contribution < -0.4 is 87.2 Å². The monoisotopic (exact) mass is 1220 g/mol. The van der Waals surface area contributed by atoms with Crippen LogP contribution in [0.25, 0.3) is 0 Å². The first-order valence-electron chi connectivity index (χ1n) is 31.0. The topological polar surface area (TPSA) is 491 Å². The maximum Gasteiger partial charge on any atom is 0.245 e. The van der Waals surface area contributed by atoms with Crippen molar-refractivity contribution in [3.05, 3.63) is 0 Å². The summed E-state index contributed by atoms with van der Waals surface area (Å²) in [4.78, 5) is 155. The average Bonchev–Trinajstić information content (AvgIpc) is 2.69. The van der Waals surface area contributed by atoms with Crippen molar-refractivity contribution < 1.29 is 63.0 Å². The minimum atomic E-state index is -1.69. The van der Waals surface area contributed by atoms with Gasteiger partial charge in [-0.1, -0.05) is 85.5 Å². The van der Waals surface area contributed by atoms with Crippen LogP contribution in [-0.4, -0.2) is 187 Å². The van der Waals surface area contributed by atoms with Gasteiger partial charge in [0.25, 0.3) is 0 Å². The number of carbonyl (C=O) groups is 11. The summed E-state index contributed by atoms with van der Waals surface area (Å²) in [6.45, 7) is 8.51. The van der Waals surface area contributed by atoms with Crippen LogP contribution in [0.1, 0.15) is 164 Å². The molecule has 0 aromatic heterocycles. The molecule has 0 radical (unpaired) electrons. The van der Waals surface area contributed by atoms with Crippen molar-refractivity contribution in [2.24, 2.45) is 46.4 Å². The number of hydrogen-bond donors (Lipinski definition) is 18. The second kappa shape index (κ2) is 41.1. The van der Waals surface area contributed by atoms with Gasteiger partial charge in [0.05, 0.1) is 12.2 Å². The zero-order valence-electron chi connectivity index (χ0n) is 51.6. The quantitative estimate of drug-likeness (QED) is 0.0436. The Balaban J connectivity index is 2.61. The Hall–Kier alpha value is -6.11. The number of aliphatic hydroxyl groups excluding tert-OH is 2. The Bertz CT molecular complexity index is 2160. The molecule has 1 aliphatic carbocycles. The Labute approximate surface area is 506 Å². The smallest absolute Gasteiger partial charge is 0.245 e. The lowest BCUT2D eigenvalue weighted by Gasteiger charge is -2.29. The van der Waals surface area contributed by atoms with Crippen molar-refractivity contribution in [3.63, 3.8) is 0 Å². The molecule has 1 saturated heterocycles. The molecule has 1 saturated carbocycles. The molecule has 23 N–H and O–H groups in total. The molecule has 29 heteroatoms. The van der Waals surface area contributed by atoms with E-state index < -0.39 is 145 Å². The fraction of sp³-hybridized carbons (Fsp3) is 0.807. The Morgan fingerprint density at radius 2 is 0.860 bits per heavy atom. The first-order chi connectivity index (χ1) is 40.8. The SMILES string of the molecule is CC(C)C[C@@H]1NC(=O)[C@@H](CC(C)C)NC(=O)[C@H](CCN)NC(=O)[C@@H](NC(=O)[C@H](CCN)NC(=O)[C@@H](NC(=O)[C@H](CCN)NC(=O)C2CCCCCCCCCCC2)[C@@H](C)O)CCNC(=O)[C@H]([C@@H](C)O)NC(=O)[C@H](CCN)NC(=O)[C@H](CCN)NC1=O. The fourth-order valence-corrected chi connectivity index (χ4v) is 10.2. The van der Waals surface area contributed by atoms with Crippen LogP contribution in [0.3, 0.4) is 0 Å². The number of nitrogens with one attached hydrogen (secondary N) is 11. The normalized spacial score (nSPS) is 24.6. The van der Waals surface area contributed by atoms with Gasteiger partial charge in [-0.25, -0.2) is 0 Å². The molecule has 2 aliphatic rings. The fourth-order valence-electron chi connectivity index (χ4n) is 10.2. The van der Waals surface area contributed by atoms with E-state index in [0.29, 0.717) is 12.8 Å². The van der Waals surface area contributed by atoms with Gasteiger partial charge < -0.3 is 97.4 Å². The van der Waals surface area contributed by atoms with Gasteiger partial charge in [0, 0.05) is 12.5 Å². The maximum atomic E-state index is 14.5. The molecule has 0 aromatic rings. The molecule has 0 aromatic carbocycles. The van der Waals surface area contributed by atoms with Crippen molar-refractivity contribution in [2.45, 2.75) is 236 Å². The summed E-state index contributed by atoms with van der Waals surface area (Å²) < 4.78 is 0. The summed E-state index contributed by atoms with van der Waals surface area (Å²) in [7, 11) is 0. The van der Waals surface area contributed by atoms with Gasteiger partial charge in [-0.3, -0.25) is 52.7 Å². The van der Waals surface area contributed by atoms with Crippen LogP contribution in [0.2, 0.25) is 0 Å². The first kappa shape index (κ1) is 76.0. The molecule has 86 heavy (non-hydrogen) atoms. The predicted molar refractivity (Wildman–Crippen MR) is 322 cm³/mol. The van der Waals surface area contributed by atoms with Gasteiger partial charge in [-0.05, 0) is 123 Å². The Kier molecular flexibility index (Phi) is 36.3. The van der Waals surface area contributed by atoms with E-state index in [9.17, 15) is 63.0 Å². The van der Waals surface area contributed by atoms with Crippen LogP contribution in [0.15, 0.2) is 0 Å². The highest BCUT2D eigenvalue weighted by atomic mass is 16.3. The molecule has 11 amide bonds. The lowest BCUT2D eigenvalue weighted by molar-refractivity contribution is -0.137. The molecule has 1 aliphatic heterocycles. The summed E-state index contributed by atoms with van der Waals surface area (Å²) in [5.74, 6) is -10.2. The summed E-state index contributed by atoms with van der Waals surface area (Å²) in [6.07, 6.45) is 6.43. The van der Waals surface area contributed by atoms with E-state index in [0.717, 1.165) is 51.4 Å². The highest BCUT2D eigenvalue weighted by Crippen LogP contribution is 2.22. The third kappa shape index (κ3) is 27.7. The van der Waals surface area contributed by atoms with E-state index in [1.807, 2.05) is 0 Å². The van der Waals surface area contributed by atoms with Gasteiger partial charge in [-0.2, -0.15) is 0 Å². The van der Waals surface area contributed by atoms with Crippen LogP contribution in [0.5, 0.6) is 0 Å². The van der Waals surface area contributed by atoms with Crippen LogP contribution >= 0.6 is 0 Å². The van der Waals surface area contributed by atoms with Gasteiger partial charge in [0.2, 0.25) is 65.0 Å². The lowest BCUT2D eigenvalue weighted by atomic mass is 9.92. The Morgan fingerprint density at radius 1 is 0.465 bits per heavy atom. The van der Waals surface area contributed by atoms with Crippen LogP contribution in [0, 0.1) is 17.8 Å². The Morgan fingerprint density at radius 3 is 1.27 bits per heavy atom.